The van der Waals surface area contributed by atoms with Gasteiger partial charge in [-0.1, -0.05) is 52.4 Å². The summed E-state index contributed by atoms with van der Waals surface area (Å²) in [5, 5.41) is 0. The van der Waals surface area contributed by atoms with Gasteiger partial charge in [0.1, 0.15) is 6.29 Å². The van der Waals surface area contributed by atoms with Gasteiger partial charge in [-0.2, -0.15) is 0 Å². The molecule has 0 aromatic carbocycles. The molecule has 0 heterocycles. The van der Waals surface area contributed by atoms with Gasteiger partial charge in [0.25, 0.3) is 0 Å². The quantitative estimate of drug-likeness (QED) is 0.474. The van der Waals surface area contributed by atoms with E-state index in [0.29, 0.717) is 11.8 Å². The van der Waals surface area contributed by atoms with Crippen LogP contribution in [0.15, 0.2) is 0 Å². The lowest BCUT2D eigenvalue weighted by atomic mass is 9.75. The maximum Gasteiger partial charge on any atom is 0.123 e. The van der Waals surface area contributed by atoms with E-state index in [1.54, 1.807) is 0 Å². The van der Waals surface area contributed by atoms with Crippen LogP contribution in [-0.4, -0.2) is 6.29 Å². The predicted molar refractivity (Wildman–Crippen MR) is 64.8 cm³/mol. The van der Waals surface area contributed by atoms with E-state index in [0.717, 1.165) is 12.2 Å². The van der Waals surface area contributed by atoms with Gasteiger partial charge in [0, 0.05) is 5.92 Å². The molecule has 0 bridgehead atoms. The summed E-state index contributed by atoms with van der Waals surface area (Å²) >= 11 is 0. The van der Waals surface area contributed by atoms with E-state index in [1.165, 1.54) is 51.4 Å². The van der Waals surface area contributed by atoms with E-state index in [1.807, 2.05) is 0 Å². The van der Waals surface area contributed by atoms with Gasteiger partial charge in [-0.15, -0.1) is 0 Å². The zero-order valence-corrected chi connectivity index (χ0v) is 10.4. The predicted octanol–water partition coefficient (Wildman–Crippen LogP) is 4.21. The molecule has 1 nitrogen and oxygen atoms in total. The van der Waals surface area contributed by atoms with Crippen molar-refractivity contribution < 1.29 is 4.79 Å². The van der Waals surface area contributed by atoms with E-state index < -0.39 is 0 Å². The molecule has 0 amide bonds. The lowest BCUT2D eigenvalue weighted by Crippen LogP contribution is -2.20. The first-order valence-electron chi connectivity index (χ1n) is 6.73. The van der Waals surface area contributed by atoms with Crippen molar-refractivity contribution in [2.24, 2.45) is 17.8 Å². The molecule has 1 unspecified atom stereocenters. The number of carbonyl (C=O) groups excluding carboxylic acids is 1. The minimum absolute atomic E-state index is 0.293. The Kier molecular flexibility index (Phi) is 5.97. The average Bonchev–Trinajstić information content (AvgIpc) is 2.29. The molecule has 0 aliphatic heterocycles. The number of carbonyl (C=O) groups is 1. The van der Waals surface area contributed by atoms with E-state index in [9.17, 15) is 4.79 Å². The lowest BCUT2D eigenvalue weighted by molar-refractivity contribution is -0.112. The summed E-state index contributed by atoms with van der Waals surface area (Å²) in [6.45, 7) is 4.34. The Bertz CT molecular complexity index is 168. The van der Waals surface area contributed by atoms with Crippen molar-refractivity contribution in [1.29, 1.82) is 0 Å². The van der Waals surface area contributed by atoms with Crippen LogP contribution in [0.3, 0.4) is 0 Å². The molecule has 1 rings (SSSR count). The van der Waals surface area contributed by atoms with Crippen LogP contribution in [0.1, 0.15) is 65.2 Å². The van der Waals surface area contributed by atoms with Gasteiger partial charge in [-0.25, -0.2) is 0 Å². The highest BCUT2D eigenvalue weighted by Gasteiger charge is 2.24. The van der Waals surface area contributed by atoms with Crippen molar-refractivity contribution >= 4 is 6.29 Å². The summed E-state index contributed by atoms with van der Waals surface area (Å²) in [7, 11) is 0. The first-order valence-corrected chi connectivity index (χ1v) is 6.73. The Labute approximate surface area is 94.6 Å². The second-order valence-corrected chi connectivity index (χ2v) is 5.27. The molecule has 0 N–H and O–H groups in total. The Morgan fingerprint density at radius 1 is 1.20 bits per heavy atom. The highest BCUT2D eigenvalue weighted by molar-refractivity contribution is 5.53. The molecular formula is C14H26O. The minimum Gasteiger partial charge on any atom is -0.303 e. The molecule has 88 valence electrons. The second-order valence-electron chi connectivity index (χ2n) is 5.27. The molecule has 1 heteroatoms. The first-order chi connectivity index (χ1) is 7.27. The van der Waals surface area contributed by atoms with Gasteiger partial charge in [-0.3, -0.25) is 0 Å². The summed E-state index contributed by atoms with van der Waals surface area (Å²) in [5.74, 6) is 1.94. The van der Waals surface area contributed by atoms with Crippen LogP contribution in [0.25, 0.3) is 0 Å². The molecule has 0 aromatic rings. The molecular weight excluding hydrogens is 184 g/mol. The number of hydrogen-bond acceptors (Lipinski definition) is 1. The Hall–Kier alpha value is -0.330. The van der Waals surface area contributed by atoms with Gasteiger partial charge in [-0.05, 0) is 24.7 Å². The third kappa shape index (κ3) is 4.36. The van der Waals surface area contributed by atoms with Crippen LogP contribution in [0.4, 0.5) is 0 Å². The molecule has 0 aromatic heterocycles. The van der Waals surface area contributed by atoms with Gasteiger partial charge in [0.2, 0.25) is 0 Å². The van der Waals surface area contributed by atoms with Crippen molar-refractivity contribution in [3.63, 3.8) is 0 Å². The van der Waals surface area contributed by atoms with E-state index in [-0.39, 0.29) is 0 Å². The summed E-state index contributed by atoms with van der Waals surface area (Å²) in [6, 6.07) is 0. The van der Waals surface area contributed by atoms with Crippen molar-refractivity contribution in [3.05, 3.63) is 0 Å². The number of rotatable bonds is 6. The molecule has 1 aliphatic carbocycles. The topological polar surface area (TPSA) is 17.1 Å². The zero-order valence-electron chi connectivity index (χ0n) is 10.4. The molecule has 0 saturated heterocycles. The van der Waals surface area contributed by atoms with E-state index in [2.05, 4.69) is 13.8 Å². The molecule has 0 spiro atoms. The smallest absolute Gasteiger partial charge is 0.123 e. The lowest BCUT2D eigenvalue weighted by Gasteiger charge is -2.30. The van der Waals surface area contributed by atoms with E-state index in [4.69, 9.17) is 0 Å². The summed E-state index contributed by atoms with van der Waals surface area (Å²) in [4.78, 5) is 10.7. The van der Waals surface area contributed by atoms with Crippen LogP contribution in [0.2, 0.25) is 0 Å². The van der Waals surface area contributed by atoms with Crippen LogP contribution in [-0.2, 0) is 4.79 Å². The van der Waals surface area contributed by atoms with Crippen molar-refractivity contribution in [2.45, 2.75) is 65.2 Å². The monoisotopic (exact) mass is 210 g/mol. The second kappa shape index (κ2) is 7.03. The fourth-order valence-corrected chi connectivity index (χ4v) is 2.80. The maximum atomic E-state index is 10.7. The van der Waals surface area contributed by atoms with Gasteiger partial charge in [0.05, 0.1) is 0 Å². The minimum atomic E-state index is 0.293. The summed E-state index contributed by atoms with van der Waals surface area (Å²) < 4.78 is 0. The third-order valence-electron chi connectivity index (χ3n) is 4.07. The Morgan fingerprint density at radius 2 is 1.87 bits per heavy atom. The molecule has 1 saturated carbocycles. The molecule has 1 fully saturated rings. The number of hydrogen-bond donors (Lipinski definition) is 0. The Balaban J connectivity index is 2.15. The summed E-state index contributed by atoms with van der Waals surface area (Å²) in [6.07, 6.45) is 12.0. The van der Waals surface area contributed by atoms with Gasteiger partial charge in [0.15, 0.2) is 0 Å². The van der Waals surface area contributed by atoms with Gasteiger partial charge < -0.3 is 4.79 Å². The highest BCUT2D eigenvalue weighted by Crippen LogP contribution is 2.35. The molecule has 15 heavy (non-hydrogen) atoms. The van der Waals surface area contributed by atoms with Crippen LogP contribution < -0.4 is 0 Å². The van der Waals surface area contributed by atoms with Crippen molar-refractivity contribution in [1.82, 2.24) is 0 Å². The third-order valence-corrected chi connectivity index (χ3v) is 4.07. The largest absolute Gasteiger partial charge is 0.303 e. The molecule has 0 radical (unpaired) electrons. The first kappa shape index (κ1) is 12.7. The van der Waals surface area contributed by atoms with Gasteiger partial charge >= 0.3 is 0 Å². The summed E-state index contributed by atoms with van der Waals surface area (Å²) in [5.41, 5.74) is 0. The molecule has 1 atom stereocenters. The number of unbranched alkanes of at least 4 members (excludes halogenated alkanes) is 2. The normalized spacial score (nSPS) is 28.7. The Morgan fingerprint density at radius 3 is 2.40 bits per heavy atom. The average molecular weight is 210 g/mol. The van der Waals surface area contributed by atoms with E-state index >= 15 is 0 Å². The zero-order chi connectivity index (χ0) is 11.1. The fourth-order valence-electron chi connectivity index (χ4n) is 2.80. The van der Waals surface area contributed by atoms with Crippen molar-refractivity contribution in [3.8, 4) is 0 Å². The number of aldehydes is 1. The van der Waals surface area contributed by atoms with Crippen molar-refractivity contribution in [2.75, 3.05) is 0 Å². The fraction of sp³-hybridized carbons (Fsp3) is 0.929. The molecule has 1 aliphatic rings. The highest BCUT2D eigenvalue weighted by atomic mass is 16.1. The van der Waals surface area contributed by atoms with Crippen LogP contribution >= 0.6 is 0 Å². The van der Waals surface area contributed by atoms with Crippen LogP contribution in [0, 0.1) is 17.8 Å². The van der Waals surface area contributed by atoms with Crippen LogP contribution in [0.5, 0.6) is 0 Å². The SMILES string of the molecule is CCCCCC1CCC(C(C)C=O)CC1. The standard InChI is InChI=1S/C14H26O/c1-3-4-5-6-13-7-9-14(10-8-13)12(2)11-15/h11-14H,3-10H2,1-2H3. The maximum absolute atomic E-state index is 10.7.